The van der Waals surface area contributed by atoms with Crippen LogP contribution in [0.1, 0.15) is 40.4 Å². The van der Waals surface area contributed by atoms with Crippen LogP contribution < -0.4 is 5.32 Å². The number of carbonyl (C=O) groups is 2. The molecule has 0 aromatic carbocycles. The van der Waals surface area contributed by atoms with Crippen LogP contribution in [0, 0.1) is 0 Å². The van der Waals surface area contributed by atoms with Gasteiger partial charge in [0, 0.05) is 27.7 Å². The summed E-state index contributed by atoms with van der Waals surface area (Å²) in [4.78, 5) is 26.8. The molecule has 10 heteroatoms. The summed E-state index contributed by atoms with van der Waals surface area (Å²) in [5.41, 5.74) is 1.43. The lowest BCUT2D eigenvalue weighted by Gasteiger charge is -2.05. The van der Waals surface area contributed by atoms with E-state index in [0.29, 0.717) is 15.7 Å². The van der Waals surface area contributed by atoms with Crippen LogP contribution in [0.15, 0.2) is 22.7 Å². The number of ether oxygens (including phenoxy) is 1. The number of hydrogen-bond acceptors (Lipinski definition) is 8. The Morgan fingerprint density at radius 1 is 1.23 bits per heavy atom. The van der Waals surface area contributed by atoms with Gasteiger partial charge in [-0.05, 0) is 25.0 Å². The van der Waals surface area contributed by atoms with Crippen LogP contribution in [0.25, 0.3) is 11.4 Å². The van der Waals surface area contributed by atoms with Gasteiger partial charge in [-0.15, -0.1) is 32.9 Å². The summed E-state index contributed by atoms with van der Waals surface area (Å²) >= 11 is 4.43. The fraction of sp³-hybridized carbons (Fsp3) is 0.400. The standard InChI is InChI=1S/C20H24N4O3S3/c1-5-7-14-8-12(10-28-14)17-22-23-20(24(17)3)29-11-16(25)21-18-15(19(26)27-4)9-13(6-2)30-18/h8-10H,5-7,11H2,1-4H3,(H,21,25). The third-order valence-electron chi connectivity index (χ3n) is 4.37. The molecule has 0 fully saturated rings. The van der Waals surface area contributed by atoms with Gasteiger partial charge in [0.05, 0.1) is 18.4 Å². The SMILES string of the molecule is CCCc1cc(-c2nnc(SCC(=O)Nc3sc(CC)cc3C(=O)OC)n2C)cs1. The Kier molecular flexibility index (Phi) is 7.68. The maximum absolute atomic E-state index is 12.5. The van der Waals surface area contributed by atoms with E-state index in [2.05, 4.69) is 33.9 Å². The fourth-order valence-electron chi connectivity index (χ4n) is 2.83. The second kappa shape index (κ2) is 10.2. The van der Waals surface area contributed by atoms with Gasteiger partial charge in [0.2, 0.25) is 5.91 Å². The minimum atomic E-state index is -0.454. The van der Waals surface area contributed by atoms with E-state index in [1.54, 1.807) is 17.4 Å². The fourth-order valence-corrected chi connectivity index (χ4v) is 5.51. The maximum atomic E-state index is 12.5. The molecular formula is C20H24N4O3S3. The number of amides is 1. The van der Waals surface area contributed by atoms with Gasteiger partial charge in [-0.3, -0.25) is 4.79 Å². The summed E-state index contributed by atoms with van der Waals surface area (Å²) in [6.45, 7) is 4.16. The first-order valence-corrected chi connectivity index (χ1v) is 12.3. The highest BCUT2D eigenvalue weighted by molar-refractivity contribution is 7.99. The van der Waals surface area contributed by atoms with Crippen LogP contribution in [0.3, 0.4) is 0 Å². The van der Waals surface area contributed by atoms with Gasteiger partial charge >= 0.3 is 5.97 Å². The van der Waals surface area contributed by atoms with Crippen molar-refractivity contribution in [1.29, 1.82) is 0 Å². The van der Waals surface area contributed by atoms with Crippen molar-refractivity contribution in [2.75, 3.05) is 18.2 Å². The van der Waals surface area contributed by atoms with Crippen molar-refractivity contribution in [1.82, 2.24) is 14.8 Å². The number of hydrogen-bond donors (Lipinski definition) is 1. The molecule has 7 nitrogen and oxygen atoms in total. The quantitative estimate of drug-likeness (QED) is 0.367. The molecule has 0 unspecified atom stereocenters. The zero-order valence-electron chi connectivity index (χ0n) is 17.4. The summed E-state index contributed by atoms with van der Waals surface area (Å²) in [5.74, 6) is 0.289. The molecule has 30 heavy (non-hydrogen) atoms. The molecular weight excluding hydrogens is 440 g/mol. The molecule has 1 amide bonds. The van der Waals surface area contributed by atoms with Crippen LogP contribution in [0.2, 0.25) is 0 Å². The number of nitrogens with one attached hydrogen (secondary N) is 1. The number of aromatic nitrogens is 3. The third-order valence-corrected chi connectivity index (χ3v) is 7.58. The van der Waals surface area contributed by atoms with E-state index in [-0.39, 0.29) is 11.7 Å². The predicted octanol–water partition coefficient (Wildman–Crippen LogP) is 4.64. The second-order valence-corrected chi connectivity index (χ2v) is 9.63. The molecule has 3 aromatic heterocycles. The molecule has 0 saturated carbocycles. The van der Waals surface area contributed by atoms with Crippen LogP contribution in [-0.4, -0.2) is 39.5 Å². The first kappa shape index (κ1) is 22.5. The number of rotatable bonds is 9. The number of thiophene rings is 2. The molecule has 3 heterocycles. The molecule has 0 aliphatic rings. The highest BCUT2D eigenvalue weighted by atomic mass is 32.2. The lowest BCUT2D eigenvalue weighted by Crippen LogP contribution is -2.16. The number of esters is 1. The molecule has 0 radical (unpaired) electrons. The van der Waals surface area contributed by atoms with Crippen molar-refractivity contribution in [2.45, 2.75) is 38.3 Å². The van der Waals surface area contributed by atoms with E-state index in [9.17, 15) is 9.59 Å². The summed E-state index contributed by atoms with van der Waals surface area (Å²) < 4.78 is 6.71. The second-order valence-electron chi connectivity index (χ2n) is 6.55. The van der Waals surface area contributed by atoms with Gasteiger partial charge in [-0.25, -0.2) is 4.79 Å². The van der Waals surface area contributed by atoms with Crippen molar-refractivity contribution in [3.8, 4) is 11.4 Å². The number of nitrogens with zero attached hydrogens (tertiary/aromatic N) is 3. The van der Waals surface area contributed by atoms with Crippen molar-refractivity contribution in [2.24, 2.45) is 7.05 Å². The maximum Gasteiger partial charge on any atom is 0.340 e. The van der Waals surface area contributed by atoms with E-state index in [1.165, 1.54) is 35.1 Å². The Labute approximate surface area is 187 Å². The Hall–Kier alpha value is -2.17. The predicted molar refractivity (Wildman–Crippen MR) is 123 cm³/mol. The lowest BCUT2D eigenvalue weighted by atomic mass is 10.2. The molecule has 0 spiro atoms. The highest BCUT2D eigenvalue weighted by Gasteiger charge is 2.19. The summed E-state index contributed by atoms with van der Waals surface area (Å²) in [7, 11) is 3.23. The van der Waals surface area contributed by atoms with E-state index in [1.807, 2.05) is 18.5 Å². The topological polar surface area (TPSA) is 86.1 Å². The van der Waals surface area contributed by atoms with Gasteiger partial charge in [-0.2, -0.15) is 0 Å². The third kappa shape index (κ3) is 5.11. The van der Waals surface area contributed by atoms with Crippen molar-refractivity contribution in [3.63, 3.8) is 0 Å². The van der Waals surface area contributed by atoms with Crippen LogP contribution in [-0.2, 0) is 29.4 Å². The molecule has 160 valence electrons. The van der Waals surface area contributed by atoms with Crippen molar-refractivity contribution < 1.29 is 14.3 Å². The Balaban J connectivity index is 1.65. The largest absolute Gasteiger partial charge is 0.465 e. The van der Waals surface area contributed by atoms with E-state index in [0.717, 1.165) is 35.5 Å². The van der Waals surface area contributed by atoms with Gasteiger partial charge in [0.1, 0.15) is 5.00 Å². The smallest absolute Gasteiger partial charge is 0.340 e. The molecule has 3 aromatic rings. The first-order valence-electron chi connectivity index (χ1n) is 9.57. The van der Waals surface area contributed by atoms with Crippen LogP contribution in [0.5, 0.6) is 0 Å². The molecule has 0 saturated heterocycles. The van der Waals surface area contributed by atoms with E-state index >= 15 is 0 Å². The lowest BCUT2D eigenvalue weighted by molar-refractivity contribution is -0.113. The Morgan fingerprint density at radius 2 is 2.03 bits per heavy atom. The monoisotopic (exact) mass is 464 g/mol. The van der Waals surface area contributed by atoms with Crippen molar-refractivity contribution >= 4 is 51.3 Å². The minimum absolute atomic E-state index is 0.163. The number of carbonyl (C=O) groups excluding carboxylic acids is 2. The normalized spacial score (nSPS) is 10.9. The molecule has 0 aliphatic heterocycles. The van der Waals surface area contributed by atoms with Gasteiger partial charge in [-0.1, -0.05) is 32.0 Å². The Morgan fingerprint density at radius 3 is 2.73 bits per heavy atom. The summed E-state index contributed by atoms with van der Waals surface area (Å²) in [5, 5.41) is 14.6. The molecule has 1 N–H and O–H groups in total. The summed E-state index contributed by atoms with van der Waals surface area (Å²) in [6, 6.07) is 3.91. The number of thioether (sulfide) groups is 1. The minimum Gasteiger partial charge on any atom is -0.465 e. The average molecular weight is 465 g/mol. The molecule has 0 bridgehead atoms. The van der Waals surface area contributed by atoms with Crippen LogP contribution >= 0.6 is 34.4 Å². The van der Waals surface area contributed by atoms with Crippen molar-refractivity contribution in [3.05, 3.63) is 32.8 Å². The zero-order chi connectivity index (χ0) is 21.7. The Bertz CT molecular complexity index is 1040. The number of aryl methyl sites for hydroxylation is 2. The van der Waals surface area contributed by atoms with Gasteiger partial charge in [0.25, 0.3) is 0 Å². The molecule has 0 aliphatic carbocycles. The first-order chi connectivity index (χ1) is 14.5. The van der Waals surface area contributed by atoms with E-state index < -0.39 is 5.97 Å². The van der Waals surface area contributed by atoms with Gasteiger partial charge < -0.3 is 14.6 Å². The summed E-state index contributed by atoms with van der Waals surface area (Å²) in [6.07, 6.45) is 2.94. The molecule has 0 atom stereocenters. The van der Waals surface area contributed by atoms with Crippen LogP contribution in [0.4, 0.5) is 5.00 Å². The number of methoxy groups -OCH3 is 1. The highest BCUT2D eigenvalue weighted by Crippen LogP contribution is 2.30. The zero-order valence-corrected chi connectivity index (χ0v) is 19.8. The van der Waals surface area contributed by atoms with Gasteiger partial charge in [0.15, 0.2) is 11.0 Å². The molecule has 3 rings (SSSR count). The average Bonchev–Trinajstić information content (AvgIpc) is 3.45. The number of anilines is 1. The van der Waals surface area contributed by atoms with E-state index in [4.69, 9.17) is 4.74 Å².